The summed E-state index contributed by atoms with van der Waals surface area (Å²) in [4.78, 5) is 18.0. The van der Waals surface area contributed by atoms with Gasteiger partial charge in [0.15, 0.2) is 0 Å². The highest BCUT2D eigenvalue weighted by atomic mass is 16.5. The first-order valence-electron chi connectivity index (χ1n) is 5.88. The van der Waals surface area contributed by atoms with Crippen LogP contribution in [-0.4, -0.2) is 30.1 Å². The van der Waals surface area contributed by atoms with Gasteiger partial charge in [-0.1, -0.05) is 6.07 Å². The lowest BCUT2D eigenvalue weighted by molar-refractivity contribution is -0.144. The molecule has 1 aliphatic heterocycles. The molecule has 1 aromatic rings. The number of ether oxygens (including phenoxy) is 1. The predicted molar refractivity (Wildman–Crippen MR) is 65.7 cm³/mol. The maximum atomic E-state index is 11.8. The number of nitrogens with zero attached hydrogens (tertiary/aromatic N) is 2. The zero-order chi connectivity index (χ0) is 12.3. The zero-order valence-electron chi connectivity index (χ0n) is 9.93. The number of nitrogens with two attached hydrogens (primary N) is 1. The van der Waals surface area contributed by atoms with Crippen LogP contribution in [0.2, 0.25) is 0 Å². The Morgan fingerprint density at radius 1 is 1.65 bits per heavy atom. The number of hydrogen-bond acceptors (Lipinski definition) is 5. The number of carbonyl (C=O) groups excluding carboxylic acids is 1. The van der Waals surface area contributed by atoms with E-state index in [9.17, 15) is 4.79 Å². The summed E-state index contributed by atoms with van der Waals surface area (Å²) in [5.74, 6) is 1.05. The molecule has 0 amide bonds. The molecule has 0 aromatic carbocycles. The summed E-state index contributed by atoms with van der Waals surface area (Å²) >= 11 is 0. The molecule has 92 valence electrons. The molecule has 0 spiro atoms. The van der Waals surface area contributed by atoms with Crippen molar-refractivity contribution in [3.63, 3.8) is 0 Å². The first-order valence-corrected chi connectivity index (χ1v) is 5.88. The molecule has 1 aliphatic rings. The molecule has 5 nitrogen and oxygen atoms in total. The van der Waals surface area contributed by atoms with Crippen LogP contribution in [0.4, 0.5) is 11.6 Å². The van der Waals surface area contributed by atoms with Crippen LogP contribution in [0.5, 0.6) is 0 Å². The summed E-state index contributed by atoms with van der Waals surface area (Å²) < 4.78 is 5.07. The number of nitrogen functional groups attached to an aromatic ring is 1. The third kappa shape index (κ3) is 2.49. The molecule has 1 fully saturated rings. The van der Waals surface area contributed by atoms with Gasteiger partial charge in [-0.05, 0) is 31.9 Å². The molecule has 2 heterocycles. The fourth-order valence-electron chi connectivity index (χ4n) is 2.12. The van der Waals surface area contributed by atoms with Crippen molar-refractivity contribution in [3.05, 3.63) is 18.2 Å². The lowest BCUT2D eigenvalue weighted by atomic mass is 10.2. The van der Waals surface area contributed by atoms with Crippen LogP contribution in [0.25, 0.3) is 0 Å². The Labute approximate surface area is 101 Å². The Hall–Kier alpha value is -1.78. The number of aromatic nitrogens is 1. The Morgan fingerprint density at radius 3 is 3.18 bits per heavy atom. The van der Waals surface area contributed by atoms with E-state index in [-0.39, 0.29) is 12.0 Å². The van der Waals surface area contributed by atoms with E-state index in [1.807, 2.05) is 24.0 Å². The maximum absolute atomic E-state index is 11.8. The number of pyridine rings is 1. The van der Waals surface area contributed by atoms with Crippen molar-refractivity contribution in [1.82, 2.24) is 4.98 Å². The van der Waals surface area contributed by atoms with E-state index in [0.29, 0.717) is 12.4 Å². The Bertz CT molecular complexity index is 408. The second-order valence-corrected chi connectivity index (χ2v) is 4.02. The first kappa shape index (κ1) is 11.7. The molecule has 1 atom stereocenters. The van der Waals surface area contributed by atoms with Crippen molar-refractivity contribution in [2.45, 2.75) is 25.8 Å². The molecule has 5 heteroatoms. The van der Waals surface area contributed by atoms with Gasteiger partial charge >= 0.3 is 5.97 Å². The van der Waals surface area contributed by atoms with Gasteiger partial charge in [-0.3, -0.25) is 0 Å². The van der Waals surface area contributed by atoms with E-state index < -0.39 is 0 Å². The number of anilines is 2. The topological polar surface area (TPSA) is 68.5 Å². The van der Waals surface area contributed by atoms with Crippen molar-refractivity contribution in [3.8, 4) is 0 Å². The third-order valence-electron chi connectivity index (χ3n) is 2.86. The average Bonchev–Trinajstić information content (AvgIpc) is 2.78. The van der Waals surface area contributed by atoms with Gasteiger partial charge in [-0.2, -0.15) is 0 Å². The lowest BCUT2D eigenvalue weighted by Crippen LogP contribution is -2.37. The van der Waals surface area contributed by atoms with E-state index in [1.54, 1.807) is 6.07 Å². The summed E-state index contributed by atoms with van der Waals surface area (Å²) in [7, 11) is 0. The van der Waals surface area contributed by atoms with Gasteiger partial charge in [0.05, 0.1) is 6.61 Å². The quantitative estimate of drug-likeness (QED) is 0.797. The fraction of sp³-hybridized carbons (Fsp3) is 0.500. The van der Waals surface area contributed by atoms with Gasteiger partial charge in [0.25, 0.3) is 0 Å². The van der Waals surface area contributed by atoms with E-state index in [4.69, 9.17) is 10.5 Å². The molecule has 1 unspecified atom stereocenters. The van der Waals surface area contributed by atoms with Crippen molar-refractivity contribution in [2.24, 2.45) is 0 Å². The van der Waals surface area contributed by atoms with E-state index in [1.165, 1.54) is 0 Å². The Morgan fingerprint density at radius 2 is 2.47 bits per heavy atom. The van der Waals surface area contributed by atoms with Crippen molar-refractivity contribution in [2.75, 3.05) is 23.8 Å². The van der Waals surface area contributed by atoms with Crippen LogP contribution in [-0.2, 0) is 9.53 Å². The summed E-state index contributed by atoms with van der Waals surface area (Å²) in [6.07, 6.45) is 1.79. The smallest absolute Gasteiger partial charge is 0.328 e. The maximum Gasteiger partial charge on any atom is 0.328 e. The van der Waals surface area contributed by atoms with Crippen LogP contribution in [0.3, 0.4) is 0 Å². The molecule has 0 bridgehead atoms. The van der Waals surface area contributed by atoms with E-state index in [2.05, 4.69) is 4.98 Å². The second-order valence-electron chi connectivity index (χ2n) is 4.02. The molecule has 2 N–H and O–H groups in total. The fourth-order valence-corrected chi connectivity index (χ4v) is 2.12. The SMILES string of the molecule is CCOC(=O)C1CCCN1c1cccc(N)n1. The summed E-state index contributed by atoms with van der Waals surface area (Å²) in [6.45, 7) is 3.05. The number of carbonyl (C=O) groups is 1. The van der Waals surface area contributed by atoms with Crippen LogP contribution >= 0.6 is 0 Å². The van der Waals surface area contributed by atoms with Gasteiger partial charge in [0.2, 0.25) is 0 Å². The molecule has 0 saturated carbocycles. The first-order chi connectivity index (χ1) is 8.22. The Balaban J connectivity index is 2.17. The highest BCUT2D eigenvalue weighted by Crippen LogP contribution is 2.25. The van der Waals surface area contributed by atoms with E-state index in [0.717, 1.165) is 25.2 Å². The monoisotopic (exact) mass is 235 g/mol. The standard InChI is InChI=1S/C12H17N3O2/c1-2-17-12(16)9-5-4-8-15(9)11-7-3-6-10(13)14-11/h3,6-7,9H,2,4-5,8H2,1H3,(H2,13,14). The minimum absolute atomic E-state index is 0.172. The highest BCUT2D eigenvalue weighted by molar-refractivity contribution is 5.80. The van der Waals surface area contributed by atoms with Crippen molar-refractivity contribution >= 4 is 17.6 Å². The minimum atomic E-state index is -0.218. The number of esters is 1. The normalized spacial score (nSPS) is 19.4. The van der Waals surface area contributed by atoms with Gasteiger partial charge < -0.3 is 15.4 Å². The zero-order valence-corrected chi connectivity index (χ0v) is 9.93. The summed E-state index contributed by atoms with van der Waals surface area (Å²) in [5, 5.41) is 0. The largest absolute Gasteiger partial charge is 0.464 e. The molecular weight excluding hydrogens is 218 g/mol. The molecule has 1 saturated heterocycles. The van der Waals surface area contributed by atoms with Crippen molar-refractivity contribution < 1.29 is 9.53 Å². The molecule has 2 rings (SSSR count). The number of rotatable bonds is 3. The van der Waals surface area contributed by atoms with Gasteiger partial charge in [0.1, 0.15) is 17.7 Å². The van der Waals surface area contributed by atoms with Crippen LogP contribution < -0.4 is 10.6 Å². The summed E-state index contributed by atoms with van der Waals surface area (Å²) in [6, 6.07) is 5.23. The number of hydrogen-bond donors (Lipinski definition) is 1. The van der Waals surface area contributed by atoms with Crippen LogP contribution in [0.15, 0.2) is 18.2 Å². The second kappa shape index (κ2) is 5.03. The molecule has 1 aromatic heterocycles. The van der Waals surface area contributed by atoms with Crippen LogP contribution in [0, 0.1) is 0 Å². The minimum Gasteiger partial charge on any atom is -0.464 e. The predicted octanol–water partition coefficient (Wildman–Crippen LogP) is 1.20. The van der Waals surface area contributed by atoms with E-state index >= 15 is 0 Å². The summed E-state index contributed by atoms with van der Waals surface area (Å²) in [5.41, 5.74) is 5.65. The van der Waals surface area contributed by atoms with Gasteiger partial charge in [0, 0.05) is 6.54 Å². The van der Waals surface area contributed by atoms with Crippen LogP contribution in [0.1, 0.15) is 19.8 Å². The molecule has 17 heavy (non-hydrogen) atoms. The van der Waals surface area contributed by atoms with Gasteiger partial charge in [-0.15, -0.1) is 0 Å². The van der Waals surface area contributed by atoms with Gasteiger partial charge in [-0.25, -0.2) is 9.78 Å². The molecule has 0 aliphatic carbocycles. The molecular formula is C12H17N3O2. The lowest BCUT2D eigenvalue weighted by Gasteiger charge is -2.24. The third-order valence-corrected chi connectivity index (χ3v) is 2.86. The average molecular weight is 235 g/mol. The Kier molecular flexibility index (Phi) is 3.46. The highest BCUT2D eigenvalue weighted by Gasteiger charge is 2.32. The molecule has 0 radical (unpaired) electrons. The van der Waals surface area contributed by atoms with Crippen molar-refractivity contribution in [1.29, 1.82) is 0 Å².